The molecule has 0 unspecified atom stereocenters. The average molecular weight is 627 g/mol. The van der Waals surface area contributed by atoms with Gasteiger partial charge in [0.1, 0.15) is 0 Å². The second-order valence-electron chi connectivity index (χ2n) is 11.6. The van der Waals surface area contributed by atoms with Gasteiger partial charge in [-0.2, -0.15) is 0 Å². The Kier molecular flexibility index (Phi) is 10.2. The number of nitro benzene ring substituents is 1. The molecule has 0 radical (unpaired) electrons. The Morgan fingerprint density at radius 1 is 0.977 bits per heavy atom. The molecule has 0 bridgehead atoms. The van der Waals surface area contributed by atoms with E-state index in [4.69, 9.17) is 13.9 Å². The number of ether oxygens (including phenoxy) is 2. The molecule has 0 aliphatic carbocycles. The summed E-state index contributed by atoms with van der Waals surface area (Å²) in [6, 6.07) is 24.5. The van der Waals surface area contributed by atoms with Gasteiger partial charge in [-0.05, 0) is 34.3 Å². The zero-order valence-electron chi connectivity index (χ0n) is 24.8. The van der Waals surface area contributed by atoms with Gasteiger partial charge in [0.15, 0.2) is 4.90 Å². The summed E-state index contributed by atoms with van der Waals surface area (Å²) in [6.07, 6.45) is -0.573. The molecule has 4 rings (SSSR count). The highest BCUT2D eigenvalue weighted by atomic mass is 32.2. The molecule has 10 nitrogen and oxygen atoms in total. The van der Waals surface area contributed by atoms with Crippen LogP contribution in [-0.2, 0) is 28.7 Å². The summed E-state index contributed by atoms with van der Waals surface area (Å²) in [7, 11) is -6.01. The minimum absolute atomic E-state index is 0.00976. The number of hydrogen-bond acceptors (Lipinski definition) is 8. The highest BCUT2D eigenvalue weighted by molar-refractivity contribution is 7.89. The zero-order valence-corrected chi connectivity index (χ0v) is 26.6. The largest absolute Gasteiger partial charge is 0.469 e. The van der Waals surface area contributed by atoms with Gasteiger partial charge in [0.25, 0.3) is 14.0 Å². The van der Waals surface area contributed by atoms with Gasteiger partial charge in [-0.25, -0.2) is 13.1 Å². The first-order valence-corrected chi connectivity index (χ1v) is 17.5. The first-order valence-electron chi connectivity index (χ1n) is 14.1. The summed E-state index contributed by atoms with van der Waals surface area (Å²) in [6.45, 7) is 6.43. The van der Waals surface area contributed by atoms with Crippen molar-refractivity contribution >= 4 is 40.4 Å². The Bertz CT molecular complexity index is 1470. The van der Waals surface area contributed by atoms with E-state index < -0.39 is 58.1 Å². The van der Waals surface area contributed by atoms with Crippen molar-refractivity contribution in [3.05, 3.63) is 95.0 Å². The quantitative estimate of drug-likeness (QED) is 0.147. The van der Waals surface area contributed by atoms with Crippen molar-refractivity contribution in [1.29, 1.82) is 0 Å². The number of methoxy groups -OCH3 is 1. The van der Waals surface area contributed by atoms with Crippen LogP contribution in [0.4, 0.5) is 5.69 Å². The predicted octanol–water partition coefficient (Wildman–Crippen LogP) is 3.93. The third-order valence-corrected chi connectivity index (χ3v) is 14.3. The van der Waals surface area contributed by atoms with Crippen LogP contribution in [0.15, 0.2) is 89.8 Å². The summed E-state index contributed by atoms with van der Waals surface area (Å²) in [5, 5.41) is 13.4. The van der Waals surface area contributed by atoms with Gasteiger partial charge in [0.2, 0.25) is 10.0 Å². The Morgan fingerprint density at radius 3 is 2.07 bits per heavy atom. The van der Waals surface area contributed by atoms with E-state index in [0.717, 1.165) is 16.4 Å². The molecule has 1 saturated heterocycles. The van der Waals surface area contributed by atoms with E-state index in [1.807, 2.05) is 36.4 Å². The third-order valence-electron chi connectivity index (χ3n) is 7.78. The summed E-state index contributed by atoms with van der Waals surface area (Å²) in [5.74, 6) is -0.435. The fraction of sp³-hybridized carbons (Fsp3) is 0.387. The second kappa shape index (κ2) is 13.5. The van der Waals surface area contributed by atoms with Crippen molar-refractivity contribution in [3.63, 3.8) is 0 Å². The third kappa shape index (κ3) is 7.22. The first-order chi connectivity index (χ1) is 20.4. The van der Waals surface area contributed by atoms with E-state index in [1.54, 1.807) is 0 Å². The van der Waals surface area contributed by atoms with Gasteiger partial charge in [-0.1, -0.05) is 93.6 Å². The molecule has 1 aliphatic heterocycles. The lowest BCUT2D eigenvalue weighted by atomic mass is 9.98. The molecule has 0 spiro atoms. The van der Waals surface area contributed by atoms with Crippen LogP contribution in [-0.4, -0.2) is 59.6 Å². The van der Waals surface area contributed by atoms with E-state index in [-0.39, 0.29) is 18.1 Å². The fourth-order valence-electron chi connectivity index (χ4n) is 5.74. The predicted molar refractivity (Wildman–Crippen MR) is 165 cm³/mol. The molecule has 1 fully saturated rings. The van der Waals surface area contributed by atoms with E-state index >= 15 is 0 Å². The Morgan fingerprint density at radius 2 is 1.53 bits per heavy atom. The summed E-state index contributed by atoms with van der Waals surface area (Å²) < 4.78 is 47.9. The van der Waals surface area contributed by atoms with Crippen molar-refractivity contribution in [2.45, 2.75) is 68.2 Å². The number of para-hydroxylation sites is 1. The monoisotopic (exact) mass is 626 g/mol. The van der Waals surface area contributed by atoms with Crippen LogP contribution < -0.4 is 15.1 Å². The number of carbonyl (C=O) groups excluding carboxylic acids is 1. The van der Waals surface area contributed by atoms with Gasteiger partial charge < -0.3 is 13.9 Å². The second-order valence-corrected chi connectivity index (χ2v) is 17.6. The van der Waals surface area contributed by atoms with E-state index in [2.05, 4.69) is 49.8 Å². The first kappa shape index (κ1) is 32.5. The van der Waals surface area contributed by atoms with Crippen LogP contribution in [0.2, 0.25) is 5.04 Å². The molecule has 0 aromatic heterocycles. The highest BCUT2D eigenvalue weighted by Crippen LogP contribution is 2.37. The summed E-state index contributed by atoms with van der Waals surface area (Å²) in [5.41, 5.74) is -0.518. The molecule has 0 amide bonds. The van der Waals surface area contributed by atoms with Gasteiger partial charge in [-0.15, -0.1) is 0 Å². The van der Waals surface area contributed by atoms with E-state index in [9.17, 15) is 23.3 Å². The smallest absolute Gasteiger partial charge is 0.308 e. The van der Waals surface area contributed by atoms with E-state index in [0.29, 0.717) is 12.8 Å². The van der Waals surface area contributed by atoms with Gasteiger partial charge in [0.05, 0.1) is 43.3 Å². The zero-order chi connectivity index (χ0) is 31.3. The van der Waals surface area contributed by atoms with Crippen LogP contribution in [0.25, 0.3) is 0 Å². The van der Waals surface area contributed by atoms with Crippen LogP contribution in [0.3, 0.4) is 0 Å². The molecule has 230 valence electrons. The highest BCUT2D eigenvalue weighted by Gasteiger charge is 2.51. The number of hydrogen-bond donors (Lipinski definition) is 1. The van der Waals surface area contributed by atoms with Crippen LogP contribution in [0.1, 0.15) is 40.0 Å². The Hall–Kier alpha value is -3.42. The topological polar surface area (TPSA) is 134 Å². The van der Waals surface area contributed by atoms with Crippen molar-refractivity contribution in [3.8, 4) is 0 Å². The maximum Gasteiger partial charge on any atom is 0.308 e. The lowest BCUT2D eigenvalue weighted by molar-refractivity contribution is -0.387. The van der Waals surface area contributed by atoms with E-state index in [1.165, 1.54) is 25.3 Å². The summed E-state index contributed by atoms with van der Waals surface area (Å²) >= 11 is 0. The number of nitro groups is 1. The fourth-order valence-corrected chi connectivity index (χ4v) is 11.8. The molecule has 12 heteroatoms. The molecule has 3 aromatic rings. The molecule has 1 N–H and O–H groups in total. The van der Waals surface area contributed by atoms with Crippen LogP contribution in [0.5, 0.6) is 0 Å². The number of nitrogens with zero attached hydrogens (tertiary/aromatic N) is 1. The SMILES string of the molecule is COC(=O)C[C@H]1CC[C@@H](NS(=O)(=O)c2ccccc2[N+](=O)[O-])[C@@H](CO[Si](c2ccccc2)(c2ccccc2)C(C)(C)C)O1. The van der Waals surface area contributed by atoms with Crippen LogP contribution >= 0.6 is 0 Å². The normalized spacial score (nSPS) is 19.5. The number of carbonyl (C=O) groups is 1. The maximum atomic E-state index is 13.5. The minimum atomic E-state index is -4.31. The van der Waals surface area contributed by atoms with Crippen molar-refractivity contribution in [2.75, 3.05) is 13.7 Å². The molecule has 3 atom stereocenters. The lowest BCUT2D eigenvalue weighted by Gasteiger charge is -2.45. The molecule has 0 saturated carbocycles. The number of nitrogens with one attached hydrogen (secondary N) is 1. The number of esters is 1. The minimum Gasteiger partial charge on any atom is -0.469 e. The van der Waals surface area contributed by atoms with Crippen LogP contribution in [0, 0.1) is 10.1 Å². The molecule has 1 heterocycles. The van der Waals surface area contributed by atoms with Crippen molar-refractivity contribution in [1.82, 2.24) is 4.72 Å². The van der Waals surface area contributed by atoms with Crippen molar-refractivity contribution in [2.24, 2.45) is 0 Å². The Balaban J connectivity index is 1.72. The van der Waals surface area contributed by atoms with Gasteiger partial charge in [0, 0.05) is 6.07 Å². The van der Waals surface area contributed by atoms with Gasteiger partial charge >= 0.3 is 5.97 Å². The average Bonchev–Trinajstić information content (AvgIpc) is 2.99. The molecule has 43 heavy (non-hydrogen) atoms. The lowest BCUT2D eigenvalue weighted by Crippen LogP contribution is -2.67. The number of rotatable bonds is 11. The molecular formula is C31H38N2O8SSi. The standard InChI is InChI=1S/C31H38N2O8SSi/c1-31(2,3)43(24-13-7-5-8-14-24,25-15-9-6-10-16-25)40-22-28-26(20-19-23(41-28)21-30(34)39-4)32-42(37,38)29-18-12-11-17-27(29)33(35)36/h5-18,23,26,28,32H,19-22H2,1-4H3/t23-,26-,28-/m1/s1. The summed E-state index contributed by atoms with van der Waals surface area (Å²) in [4.78, 5) is 22.6. The van der Waals surface area contributed by atoms with Gasteiger partial charge in [-0.3, -0.25) is 14.9 Å². The molecular weight excluding hydrogens is 589 g/mol. The molecule has 1 aliphatic rings. The van der Waals surface area contributed by atoms with Crippen molar-refractivity contribution < 1.29 is 32.0 Å². The maximum absolute atomic E-state index is 13.5. The number of sulfonamides is 1. The Labute approximate surface area is 253 Å². The number of benzene rings is 3. The molecule has 3 aromatic carbocycles.